The van der Waals surface area contributed by atoms with E-state index in [2.05, 4.69) is 33.0 Å². The molecule has 1 nitrogen and oxygen atoms in total. The van der Waals surface area contributed by atoms with Gasteiger partial charge in [-0.3, -0.25) is 0 Å². The van der Waals surface area contributed by atoms with Crippen LogP contribution in [0.3, 0.4) is 0 Å². The second kappa shape index (κ2) is 5.94. The first-order valence-corrected chi connectivity index (χ1v) is 8.24. The van der Waals surface area contributed by atoms with E-state index in [0.717, 1.165) is 17.8 Å². The van der Waals surface area contributed by atoms with Crippen molar-refractivity contribution < 1.29 is 0 Å². The van der Waals surface area contributed by atoms with Gasteiger partial charge in [-0.05, 0) is 68.2 Å². The third-order valence-electron chi connectivity index (χ3n) is 5.40. The average molecular weight is 251 g/mol. The molecule has 4 unspecified atom stereocenters. The van der Waals surface area contributed by atoms with E-state index in [-0.39, 0.29) is 0 Å². The van der Waals surface area contributed by atoms with Gasteiger partial charge in [0.15, 0.2) is 0 Å². The zero-order valence-corrected chi connectivity index (χ0v) is 13.0. The van der Waals surface area contributed by atoms with Crippen LogP contribution in [-0.4, -0.2) is 12.6 Å². The lowest BCUT2D eigenvalue weighted by Gasteiger charge is -2.33. The molecule has 2 fully saturated rings. The number of hydrogen-bond donors (Lipinski definition) is 1. The van der Waals surface area contributed by atoms with Crippen LogP contribution in [0.2, 0.25) is 0 Å². The second-order valence-electron chi connectivity index (χ2n) is 7.89. The van der Waals surface area contributed by atoms with E-state index in [1.807, 2.05) is 0 Å². The lowest BCUT2D eigenvalue weighted by molar-refractivity contribution is 0.220. The van der Waals surface area contributed by atoms with Crippen molar-refractivity contribution in [3.8, 4) is 0 Å². The maximum absolute atomic E-state index is 3.78. The zero-order valence-electron chi connectivity index (χ0n) is 13.0. The molecule has 2 saturated carbocycles. The van der Waals surface area contributed by atoms with Gasteiger partial charge in [-0.1, -0.05) is 34.1 Å². The summed E-state index contributed by atoms with van der Waals surface area (Å²) in [5.41, 5.74) is 0.410. The highest BCUT2D eigenvalue weighted by atomic mass is 14.9. The molecule has 0 aromatic rings. The van der Waals surface area contributed by atoms with E-state index >= 15 is 0 Å². The third kappa shape index (κ3) is 3.50. The maximum atomic E-state index is 3.78. The largest absolute Gasteiger partial charge is 0.313 e. The summed E-state index contributed by atoms with van der Waals surface area (Å²) in [5.74, 6) is 3.27. The number of fused-ring (bicyclic) bond motifs is 2. The van der Waals surface area contributed by atoms with E-state index in [9.17, 15) is 0 Å². The van der Waals surface area contributed by atoms with Crippen molar-refractivity contribution in [2.24, 2.45) is 23.2 Å². The highest BCUT2D eigenvalue weighted by Gasteiger charge is 2.39. The van der Waals surface area contributed by atoms with Gasteiger partial charge >= 0.3 is 0 Å². The number of nitrogens with one attached hydrogen (secondary N) is 1. The lowest BCUT2D eigenvalue weighted by Crippen LogP contribution is -2.41. The van der Waals surface area contributed by atoms with E-state index in [1.165, 1.54) is 38.6 Å². The molecule has 1 N–H and O–H groups in total. The molecule has 2 aliphatic carbocycles. The minimum Gasteiger partial charge on any atom is -0.313 e. The van der Waals surface area contributed by atoms with Gasteiger partial charge in [0, 0.05) is 6.04 Å². The van der Waals surface area contributed by atoms with Crippen molar-refractivity contribution in [1.29, 1.82) is 0 Å². The summed E-state index contributed by atoms with van der Waals surface area (Å²) in [7, 11) is 0. The Morgan fingerprint density at radius 3 is 2.44 bits per heavy atom. The summed E-state index contributed by atoms with van der Waals surface area (Å²) in [5, 5.41) is 3.78. The maximum Gasteiger partial charge on any atom is 0.0116 e. The topological polar surface area (TPSA) is 12.0 Å². The standard InChI is InChI=1S/C17H33N/c1-5-10-18-16(17(2,3)4)9-8-15-12-13-6-7-14(15)11-13/h13-16,18H,5-12H2,1-4H3. The van der Waals surface area contributed by atoms with Crippen molar-refractivity contribution in [2.75, 3.05) is 6.54 Å². The quantitative estimate of drug-likeness (QED) is 0.726. The molecule has 0 radical (unpaired) electrons. The Morgan fingerprint density at radius 1 is 1.17 bits per heavy atom. The van der Waals surface area contributed by atoms with Gasteiger partial charge in [0.25, 0.3) is 0 Å². The predicted octanol–water partition coefficient (Wildman–Crippen LogP) is 4.62. The highest BCUT2D eigenvalue weighted by Crippen LogP contribution is 2.50. The first-order valence-electron chi connectivity index (χ1n) is 8.24. The highest BCUT2D eigenvalue weighted by molar-refractivity contribution is 4.91. The van der Waals surface area contributed by atoms with Crippen molar-refractivity contribution in [2.45, 2.75) is 78.7 Å². The lowest BCUT2D eigenvalue weighted by atomic mass is 9.79. The van der Waals surface area contributed by atoms with Crippen LogP contribution in [0.5, 0.6) is 0 Å². The molecule has 0 spiro atoms. The van der Waals surface area contributed by atoms with Crippen molar-refractivity contribution in [3.05, 3.63) is 0 Å². The molecule has 0 heterocycles. The van der Waals surface area contributed by atoms with Crippen LogP contribution in [0.15, 0.2) is 0 Å². The van der Waals surface area contributed by atoms with Crippen LogP contribution in [0.25, 0.3) is 0 Å². The molecule has 0 aromatic heterocycles. The van der Waals surface area contributed by atoms with Gasteiger partial charge in [-0.25, -0.2) is 0 Å². The molecule has 18 heavy (non-hydrogen) atoms. The first-order chi connectivity index (χ1) is 8.50. The minimum absolute atomic E-state index is 0.410. The van der Waals surface area contributed by atoms with Gasteiger partial charge in [-0.2, -0.15) is 0 Å². The number of hydrogen-bond acceptors (Lipinski definition) is 1. The summed E-state index contributed by atoms with van der Waals surface area (Å²) >= 11 is 0. The Morgan fingerprint density at radius 2 is 1.94 bits per heavy atom. The molecule has 2 aliphatic rings. The van der Waals surface area contributed by atoms with Crippen molar-refractivity contribution >= 4 is 0 Å². The molecular formula is C17H33N. The predicted molar refractivity (Wildman–Crippen MR) is 79.7 cm³/mol. The molecule has 2 bridgehead atoms. The fraction of sp³-hybridized carbons (Fsp3) is 1.00. The molecule has 0 amide bonds. The Labute approximate surface area is 114 Å². The summed E-state index contributed by atoms with van der Waals surface area (Å²) in [6.07, 6.45) is 10.3. The second-order valence-corrected chi connectivity index (χ2v) is 7.89. The number of rotatable bonds is 6. The Bertz CT molecular complexity index is 253. The van der Waals surface area contributed by atoms with Gasteiger partial charge < -0.3 is 5.32 Å². The summed E-state index contributed by atoms with van der Waals surface area (Å²) in [6.45, 7) is 10.6. The Balaban J connectivity index is 1.78. The minimum atomic E-state index is 0.410. The van der Waals surface area contributed by atoms with Crippen LogP contribution < -0.4 is 5.32 Å². The van der Waals surface area contributed by atoms with Crippen LogP contribution in [0.4, 0.5) is 0 Å². The molecule has 0 saturated heterocycles. The van der Waals surface area contributed by atoms with Crippen molar-refractivity contribution in [3.63, 3.8) is 0 Å². The molecule has 106 valence electrons. The third-order valence-corrected chi connectivity index (χ3v) is 5.40. The smallest absolute Gasteiger partial charge is 0.0116 e. The summed E-state index contributed by atoms with van der Waals surface area (Å²) < 4.78 is 0. The van der Waals surface area contributed by atoms with Crippen LogP contribution in [-0.2, 0) is 0 Å². The summed E-state index contributed by atoms with van der Waals surface area (Å²) in [6, 6.07) is 0.705. The van der Waals surface area contributed by atoms with Crippen LogP contribution >= 0.6 is 0 Å². The molecular weight excluding hydrogens is 218 g/mol. The first kappa shape index (κ1) is 14.4. The van der Waals surface area contributed by atoms with Crippen LogP contribution in [0.1, 0.15) is 72.6 Å². The monoisotopic (exact) mass is 251 g/mol. The zero-order chi connectivity index (χ0) is 13.2. The van der Waals surface area contributed by atoms with Crippen LogP contribution in [0, 0.1) is 23.2 Å². The van der Waals surface area contributed by atoms with Gasteiger partial charge in [0.05, 0.1) is 0 Å². The van der Waals surface area contributed by atoms with Gasteiger partial charge in [-0.15, -0.1) is 0 Å². The molecule has 2 rings (SSSR count). The summed E-state index contributed by atoms with van der Waals surface area (Å²) in [4.78, 5) is 0. The normalized spacial score (nSPS) is 33.0. The van der Waals surface area contributed by atoms with E-state index in [4.69, 9.17) is 0 Å². The van der Waals surface area contributed by atoms with E-state index < -0.39 is 0 Å². The van der Waals surface area contributed by atoms with E-state index in [0.29, 0.717) is 11.5 Å². The van der Waals surface area contributed by atoms with Gasteiger partial charge in [0.2, 0.25) is 0 Å². The molecule has 0 aromatic carbocycles. The Kier molecular flexibility index (Phi) is 4.75. The van der Waals surface area contributed by atoms with Crippen molar-refractivity contribution in [1.82, 2.24) is 5.32 Å². The fourth-order valence-electron chi connectivity index (χ4n) is 4.27. The van der Waals surface area contributed by atoms with E-state index in [1.54, 1.807) is 12.8 Å². The Hall–Kier alpha value is -0.0400. The molecule has 0 aliphatic heterocycles. The average Bonchev–Trinajstić information content (AvgIpc) is 2.89. The molecule has 4 atom stereocenters. The molecule has 1 heteroatoms. The SMILES string of the molecule is CCCNC(CCC1CC2CCC1C2)C(C)(C)C. The van der Waals surface area contributed by atoms with Gasteiger partial charge in [0.1, 0.15) is 0 Å². The fourth-order valence-corrected chi connectivity index (χ4v) is 4.27.